The minimum Gasteiger partial charge on any atom is -0.451 e. The minimum absolute atomic E-state index is 0.00376. The van der Waals surface area contributed by atoms with Crippen LogP contribution in [0.15, 0.2) is 21.9 Å². The molecule has 0 N–H and O–H groups in total. The monoisotopic (exact) mass is 756 g/mol. The van der Waals surface area contributed by atoms with Gasteiger partial charge in [0.2, 0.25) is 0 Å². The van der Waals surface area contributed by atoms with E-state index in [2.05, 4.69) is 0 Å². The molecule has 0 fully saturated rings. The Morgan fingerprint density at radius 3 is 1.36 bits per heavy atom. The average molecular weight is 758 g/mol. The average Bonchev–Trinajstić information content (AvgIpc) is 2.96. The molecule has 3 nitrogen and oxygen atoms in total. The first-order chi connectivity index (χ1) is 21.2. The smallest absolute Gasteiger partial charge is 0.398 e. The van der Waals surface area contributed by atoms with Gasteiger partial charge in [0, 0.05) is 32.4 Å². The van der Waals surface area contributed by atoms with Crippen molar-refractivity contribution in [1.29, 1.82) is 10.5 Å². The molecule has 0 bridgehead atoms. The van der Waals surface area contributed by atoms with Crippen LogP contribution in [0.1, 0.15) is 49.7 Å². The number of thioether (sulfide) groups is 4. The van der Waals surface area contributed by atoms with E-state index in [9.17, 15) is 26.3 Å². The van der Waals surface area contributed by atoms with Crippen LogP contribution in [0.25, 0.3) is 0 Å². The van der Waals surface area contributed by atoms with Gasteiger partial charge in [0.1, 0.15) is 10.8 Å². The summed E-state index contributed by atoms with van der Waals surface area (Å²) in [5, 5.41) is 20.6. The summed E-state index contributed by atoms with van der Waals surface area (Å²) < 4.78 is 115. The van der Waals surface area contributed by atoms with Gasteiger partial charge in [-0.1, -0.05) is 36.0 Å². The molecule has 0 saturated heterocycles. The molecule has 0 unspecified atom stereocenters. The number of alkyl halides is 6. The molecule has 0 radical (unpaired) electrons. The molecule has 0 aliphatic carbocycles. The van der Waals surface area contributed by atoms with Crippen molar-refractivity contribution in [3.63, 3.8) is 0 Å². The van der Waals surface area contributed by atoms with Crippen molar-refractivity contribution < 1.29 is 39.9 Å². The second kappa shape index (κ2) is 19.5. The number of nitriles is 2. The minimum atomic E-state index is -4.59. The predicted octanol–water partition coefficient (Wildman–Crippen LogP) is 12.2. The summed E-state index contributed by atoms with van der Waals surface area (Å²) in [7, 11) is 0. The summed E-state index contributed by atoms with van der Waals surface area (Å²) in [5.74, 6) is -5.02. The Balaban J connectivity index is 2.50. The standard InChI is InChI=1S/C28H26Cl2F8N2OS4/c29-23-17(7-3-1-5-9-42-15-39)25(31)19(11-21(23)44-13-27(33,34)35)41-20-12-22(45-14-28(36,37)38)24(30)18(26(20)32)8-4-2-6-10-43-16-40/h11-12H,1-10,13-14H2. The van der Waals surface area contributed by atoms with Gasteiger partial charge in [-0.15, -0.1) is 23.5 Å². The van der Waals surface area contributed by atoms with E-state index in [4.69, 9.17) is 38.5 Å². The van der Waals surface area contributed by atoms with Gasteiger partial charge < -0.3 is 4.74 Å². The lowest BCUT2D eigenvalue weighted by atomic mass is 10.1. The summed E-state index contributed by atoms with van der Waals surface area (Å²) in [6.45, 7) is 0. The zero-order valence-corrected chi connectivity index (χ0v) is 28.1. The molecule has 0 amide bonds. The van der Waals surface area contributed by atoms with E-state index in [1.165, 1.54) is 0 Å². The topological polar surface area (TPSA) is 56.8 Å². The second-order valence-corrected chi connectivity index (χ2v) is 13.9. The van der Waals surface area contributed by atoms with Crippen molar-refractivity contribution in [1.82, 2.24) is 0 Å². The van der Waals surface area contributed by atoms with Gasteiger partial charge in [-0.3, -0.25) is 0 Å². The van der Waals surface area contributed by atoms with Crippen molar-refractivity contribution in [2.45, 2.75) is 73.5 Å². The molecule has 45 heavy (non-hydrogen) atoms. The highest BCUT2D eigenvalue weighted by Gasteiger charge is 2.31. The number of thiocyanates is 2. The number of unbranched alkanes of at least 4 members (excludes halogenated alkanes) is 4. The molecule has 0 aliphatic heterocycles. The van der Waals surface area contributed by atoms with Crippen LogP contribution in [0.5, 0.6) is 11.5 Å². The molecular weight excluding hydrogens is 731 g/mol. The van der Waals surface area contributed by atoms with Crippen LogP contribution >= 0.6 is 70.2 Å². The highest BCUT2D eigenvalue weighted by Crippen LogP contribution is 2.44. The molecule has 2 aromatic rings. The molecule has 17 heteroatoms. The SMILES string of the molecule is N#CSCCCCCc1c(F)c(Oc2cc(SCC(F)(F)F)c(Cl)c(CCCCCSC#N)c2F)cc(SCC(F)(F)F)c1Cl. The van der Waals surface area contributed by atoms with Gasteiger partial charge in [0.15, 0.2) is 23.1 Å². The van der Waals surface area contributed by atoms with Crippen molar-refractivity contribution >= 4 is 70.2 Å². The number of hydrogen-bond donors (Lipinski definition) is 0. The van der Waals surface area contributed by atoms with Gasteiger partial charge in [0.25, 0.3) is 0 Å². The first-order valence-electron chi connectivity index (χ1n) is 13.3. The molecule has 0 atom stereocenters. The van der Waals surface area contributed by atoms with E-state index >= 15 is 8.78 Å². The molecule has 0 aromatic heterocycles. The van der Waals surface area contributed by atoms with E-state index in [1.807, 2.05) is 10.8 Å². The fourth-order valence-corrected chi connectivity index (χ4v) is 7.10. The largest absolute Gasteiger partial charge is 0.451 e. The van der Waals surface area contributed by atoms with Crippen LogP contribution in [0.4, 0.5) is 35.1 Å². The Morgan fingerprint density at radius 1 is 0.644 bits per heavy atom. The normalized spacial score (nSPS) is 11.8. The first-order valence-corrected chi connectivity index (χ1v) is 18.0. The van der Waals surface area contributed by atoms with Crippen molar-refractivity contribution in [2.75, 3.05) is 23.0 Å². The Morgan fingerprint density at radius 2 is 1.02 bits per heavy atom. The summed E-state index contributed by atoms with van der Waals surface area (Å²) >= 11 is 15.3. The molecule has 2 rings (SSSR count). The van der Waals surface area contributed by atoms with E-state index in [-0.39, 0.29) is 67.3 Å². The maximum absolute atomic E-state index is 15.8. The Hall–Kier alpha value is -1.36. The Labute approximate surface area is 283 Å². The molecule has 0 spiro atoms. The van der Waals surface area contributed by atoms with Gasteiger partial charge in [-0.25, -0.2) is 8.78 Å². The Bertz CT molecular complexity index is 1260. The van der Waals surface area contributed by atoms with Gasteiger partial charge in [-0.05, 0) is 74.2 Å². The Kier molecular flexibility index (Phi) is 17.2. The highest BCUT2D eigenvalue weighted by atomic mass is 35.5. The number of nitrogens with zero attached hydrogens (tertiary/aromatic N) is 2. The summed E-state index contributed by atoms with van der Waals surface area (Å²) in [6, 6.07) is 1.81. The second-order valence-electron chi connectivity index (χ2n) is 9.37. The summed E-state index contributed by atoms with van der Waals surface area (Å²) in [5.41, 5.74) is -0.299. The maximum Gasteiger partial charge on any atom is 0.398 e. The van der Waals surface area contributed by atoms with E-state index < -0.39 is 47.0 Å². The fraction of sp³-hybridized carbons (Fsp3) is 0.500. The number of hydrogen-bond acceptors (Lipinski definition) is 7. The van der Waals surface area contributed by atoms with Crippen LogP contribution in [0, 0.1) is 33.0 Å². The fourth-order valence-electron chi connectivity index (χ4n) is 3.91. The zero-order valence-electron chi connectivity index (χ0n) is 23.4. The first kappa shape index (κ1) is 39.8. The van der Waals surface area contributed by atoms with Crippen LogP contribution in [0.2, 0.25) is 10.0 Å². The van der Waals surface area contributed by atoms with Gasteiger partial charge in [-0.2, -0.15) is 36.9 Å². The highest BCUT2D eigenvalue weighted by molar-refractivity contribution is 8.03. The van der Waals surface area contributed by atoms with E-state index in [1.54, 1.807) is 0 Å². The van der Waals surface area contributed by atoms with Crippen LogP contribution in [-0.4, -0.2) is 35.4 Å². The summed E-state index contributed by atoms with van der Waals surface area (Å²) in [6.07, 6.45) is -6.05. The number of benzene rings is 2. The molecule has 2 aromatic carbocycles. The molecule has 0 saturated carbocycles. The van der Waals surface area contributed by atoms with Crippen LogP contribution in [-0.2, 0) is 12.8 Å². The van der Waals surface area contributed by atoms with Crippen molar-refractivity contribution in [3.8, 4) is 22.3 Å². The predicted molar refractivity (Wildman–Crippen MR) is 168 cm³/mol. The molecule has 0 heterocycles. The lowest BCUT2D eigenvalue weighted by Crippen LogP contribution is -2.11. The third kappa shape index (κ3) is 14.1. The lowest BCUT2D eigenvalue weighted by molar-refractivity contribution is -0.106. The zero-order chi connectivity index (χ0) is 33.6. The number of halogens is 10. The molecule has 0 aliphatic rings. The maximum atomic E-state index is 15.8. The van der Waals surface area contributed by atoms with Gasteiger partial charge in [0.05, 0.1) is 21.6 Å². The third-order valence-corrected chi connectivity index (χ3v) is 10.5. The van der Waals surface area contributed by atoms with E-state index in [0.717, 1.165) is 35.7 Å². The van der Waals surface area contributed by atoms with Crippen LogP contribution < -0.4 is 4.74 Å². The number of ether oxygens (including phenoxy) is 1. The lowest BCUT2D eigenvalue weighted by Gasteiger charge is -2.19. The van der Waals surface area contributed by atoms with E-state index in [0.29, 0.717) is 50.0 Å². The van der Waals surface area contributed by atoms with Gasteiger partial charge >= 0.3 is 12.4 Å². The van der Waals surface area contributed by atoms with Crippen molar-refractivity contribution in [2.24, 2.45) is 0 Å². The molecular formula is C28H26Cl2F8N2OS4. The molecule has 248 valence electrons. The van der Waals surface area contributed by atoms with Crippen molar-refractivity contribution in [3.05, 3.63) is 44.9 Å². The quantitative estimate of drug-likeness (QED) is 0.0649. The van der Waals surface area contributed by atoms with Crippen LogP contribution in [0.3, 0.4) is 0 Å². The summed E-state index contributed by atoms with van der Waals surface area (Å²) in [4.78, 5) is -0.339. The number of rotatable bonds is 18. The third-order valence-electron chi connectivity index (χ3n) is 5.93.